The summed E-state index contributed by atoms with van der Waals surface area (Å²) in [6, 6.07) is 81.1. The molecule has 3 aliphatic rings. The molecule has 10 aromatic carbocycles. The van der Waals surface area contributed by atoms with Gasteiger partial charge in [-0.25, -0.2) is 15.0 Å². The zero-order chi connectivity index (χ0) is 45.8. The van der Waals surface area contributed by atoms with Gasteiger partial charge >= 0.3 is 0 Å². The molecular formula is C64H43N3OSi. The Balaban J connectivity index is 0.938. The van der Waals surface area contributed by atoms with Crippen LogP contribution in [0.1, 0.15) is 22.3 Å². The van der Waals surface area contributed by atoms with Crippen LogP contribution in [0, 0.1) is 0 Å². The second-order valence-corrected chi connectivity index (χ2v) is 23.3. The van der Waals surface area contributed by atoms with Gasteiger partial charge in [0.25, 0.3) is 0 Å². The molecule has 3 heterocycles. The van der Waals surface area contributed by atoms with E-state index < -0.39 is 13.5 Å². The molecule has 5 heteroatoms. The highest BCUT2D eigenvalue weighted by atomic mass is 28.3. The van der Waals surface area contributed by atoms with E-state index in [1.807, 2.05) is 36.4 Å². The van der Waals surface area contributed by atoms with Crippen molar-refractivity contribution in [2.45, 2.75) is 18.5 Å². The number of benzene rings is 10. The highest BCUT2D eigenvalue weighted by Gasteiger charge is 2.51. The standard InChI is InChI=1S/C64H43N3OSi/c1-69(2)59-47(27-16-28-50(59)51-29-17-30-52(60(51)69)63-66-61(41-19-5-3-6-20-41)65-62(67-63)42-21-7-4-8-22-42)44-35-37-55-58(39-44)68-57-33-14-13-32-54(57)64(55)53-31-12-11-25-48(53)49-36-34-43(38-56(49)64)46-26-15-23-40-18-9-10-24-45(40)46/h3-39H,1-2H3. The average molecular weight is 898 g/mol. The van der Waals surface area contributed by atoms with Crippen molar-refractivity contribution >= 4 is 29.2 Å². The second kappa shape index (κ2) is 15.0. The molecule has 4 nitrogen and oxygen atoms in total. The van der Waals surface area contributed by atoms with Crippen LogP contribution in [0.4, 0.5) is 0 Å². The summed E-state index contributed by atoms with van der Waals surface area (Å²) in [5.41, 5.74) is 17.1. The van der Waals surface area contributed by atoms with Crippen molar-refractivity contribution in [2.75, 3.05) is 0 Å². The molecule has 0 fully saturated rings. The predicted octanol–water partition coefficient (Wildman–Crippen LogP) is 14.6. The summed E-state index contributed by atoms with van der Waals surface area (Å²) in [7, 11) is -2.45. The molecule has 0 N–H and O–H groups in total. The summed E-state index contributed by atoms with van der Waals surface area (Å²) in [4.78, 5) is 15.5. The summed E-state index contributed by atoms with van der Waals surface area (Å²) in [6.07, 6.45) is 0. The fourth-order valence-electron chi connectivity index (χ4n) is 12.1. The van der Waals surface area contributed by atoms with Crippen LogP contribution in [0.3, 0.4) is 0 Å². The van der Waals surface area contributed by atoms with Gasteiger partial charge in [0, 0.05) is 27.8 Å². The number of nitrogens with zero attached hydrogens (tertiary/aromatic N) is 3. The zero-order valence-corrected chi connectivity index (χ0v) is 39.1. The molecule has 1 unspecified atom stereocenters. The maximum Gasteiger partial charge on any atom is 0.164 e. The Kier molecular flexibility index (Phi) is 8.61. The largest absolute Gasteiger partial charge is 0.457 e. The molecule has 11 aromatic rings. The van der Waals surface area contributed by atoms with Crippen LogP contribution in [0.25, 0.3) is 89.4 Å². The molecule has 1 atom stereocenters. The van der Waals surface area contributed by atoms with Crippen LogP contribution < -0.4 is 15.1 Å². The first-order chi connectivity index (χ1) is 34.0. The normalized spacial score (nSPS) is 15.4. The molecule has 1 aromatic heterocycles. The minimum absolute atomic E-state index is 0.602. The lowest BCUT2D eigenvalue weighted by Crippen LogP contribution is -2.51. The number of para-hydroxylation sites is 1. The quantitative estimate of drug-likeness (QED) is 0.162. The predicted molar refractivity (Wildman–Crippen MR) is 284 cm³/mol. The molecule has 0 amide bonds. The maximum absolute atomic E-state index is 7.12. The third-order valence-corrected chi connectivity index (χ3v) is 18.5. The topological polar surface area (TPSA) is 47.9 Å². The summed E-state index contributed by atoms with van der Waals surface area (Å²) in [5.74, 6) is 3.79. The van der Waals surface area contributed by atoms with Crippen LogP contribution in [0.15, 0.2) is 224 Å². The van der Waals surface area contributed by atoms with E-state index in [4.69, 9.17) is 19.7 Å². The van der Waals surface area contributed by atoms with Crippen molar-refractivity contribution < 1.29 is 4.74 Å². The van der Waals surface area contributed by atoms with E-state index in [1.165, 1.54) is 71.2 Å². The van der Waals surface area contributed by atoms with Gasteiger partial charge in [-0.3, -0.25) is 0 Å². The Morgan fingerprint density at radius 1 is 0.333 bits per heavy atom. The molecule has 324 valence electrons. The highest BCUT2D eigenvalue weighted by molar-refractivity contribution is 7.05. The minimum Gasteiger partial charge on any atom is -0.457 e. The number of hydrogen-bond donors (Lipinski definition) is 0. The second-order valence-electron chi connectivity index (χ2n) is 19.0. The van der Waals surface area contributed by atoms with Crippen LogP contribution in [-0.4, -0.2) is 23.0 Å². The first-order valence-corrected chi connectivity index (χ1v) is 26.8. The minimum atomic E-state index is -2.45. The van der Waals surface area contributed by atoms with Gasteiger partial charge in [-0.2, -0.15) is 0 Å². The molecular weight excluding hydrogens is 855 g/mol. The monoisotopic (exact) mass is 897 g/mol. The van der Waals surface area contributed by atoms with E-state index >= 15 is 0 Å². The fraction of sp³-hybridized carbons (Fsp3) is 0.0469. The van der Waals surface area contributed by atoms with E-state index in [2.05, 4.69) is 201 Å². The molecule has 0 bridgehead atoms. The Labute approximate surface area is 402 Å². The number of aromatic nitrogens is 3. The van der Waals surface area contributed by atoms with Gasteiger partial charge in [0.2, 0.25) is 0 Å². The van der Waals surface area contributed by atoms with E-state index in [9.17, 15) is 0 Å². The van der Waals surface area contributed by atoms with Crippen molar-refractivity contribution in [2.24, 2.45) is 0 Å². The smallest absolute Gasteiger partial charge is 0.164 e. The maximum atomic E-state index is 7.12. The van der Waals surface area contributed by atoms with Crippen LogP contribution >= 0.6 is 0 Å². The SMILES string of the molecule is C[Si]1(C)c2c(-c3ccc4c(c3)Oc3ccccc3C43c4ccccc4-c4ccc(-c5cccc6ccccc56)cc43)cccc2-c2cccc(-c3nc(-c4ccccc4)nc(-c4ccccc4)n3)c21. The van der Waals surface area contributed by atoms with Crippen molar-refractivity contribution in [1.82, 2.24) is 15.0 Å². The van der Waals surface area contributed by atoms with E-state index in [0.717, 1.165) is 44.9 Å². The van der Waals surface area contributed by atoms with E-state index in [0.29, 0.717) is 17.5 Å². The molecule has 69 heavy (non-hydrogen) atoms. The summed E-state index contributed by atoms with van der Waals surface area (Å²) in [5, 5.41) is 5.25. The summed E-state index contributed by atoms with van der Waals surface area (Å²) < 4.78 is 7.12. The lowest BCUT2D eigenvalue weighted by Gasteiger charge is -2.39. The van der Waals surface area contributed by atoms with Crippen molar-refractivity contribution in [3.63, 3.8) is 0 Å². The van der Waals surface area contributed by atoms with Crippen molar-refractivity contribution in [1.29, 1.82) is 0 Å². The van der Waals surface area contributed by atoms with Gasteiger partial charge in [0.05, 0.1) is 5.41 Å². The molecule has 0 saturated heterocycles. The van der Waals surface area contributed by atoms with E-state index in [1.54, 1.807) is 0 Å². The van der Waals surface area contributed by atoms with Gasteiger partial charge < -0.3 is 4.74 Å². The van der Waals surface area contributed by atoms with Gasteiger partial charge in [-0.05, 0) is 95.0 Å². The lowest BCUT2D eigenvalue weighted by atomic mass is 9.65. The molecule has 0 saturated carbocycles. The Hall–Kier alpha value is -8.51. The van der Waals surface area contributed by atoms with Crippen LogP contribution in [0.2, 0.25) is 13.1 Å². The summed E-state index contributed by atoms with van der Waals surface area (Å²) in [6.45, 7) is 4.98. The molecule has 0 radical (unpaired) electrons. The van der Waals surface area contributed by atoms with Gasteiger partial charge in [0.1, 0.15) is 19.6 Å². The van der Waals surface area contributed by atoms with Crippen LogP contribution in [-0.2, 0) is 5.41 Å². The Morgan fingerprint density at radius 3 is 1.61 bits per heavy atom. The van der Waals surface area contributed by atoms with Gasteiger partial charge in [0.15, 0.2) is 17.5 Å². The molecule has 1 spiro atoms. The van der Waals surface area contributed by atoms with Gasteiger partial charge in [-0.1, -0.05) is 219 Å². The first kappa shape index (κ1) is 39.6. The third kappa shape index (κ3) is 5.78. The Bertz CT molecular complexity index is 3860. The first-order valence-electron chi connectivity index (χ1n) is 23.8. The fourth-order valence-corrected chi connectivity index (χ4v) is 15.9. The molecule has 14 rings (SSSR count). The van der Waals surface area contributed by atoms with E-state index in [-0.39, 0.29) is 0 Å². The number of fused-ring (bicyclic) bond motifs is 13. The zero-order valence-electron chi connectivity index (χ0n) is 38.1. The van der Waals surface area contributed by atoms with Crippen LogP contribution in [0.5, 0.6) is 11.5 Å². The average Bonchev–Trinajstić information content (AvgIpc) is 3.83. The third-order valence-electron chi connectivity index (χ3n) is 15.0. The van der Waals surface area contributed by atoms with Gasteiger partial charge in [-0.15, -0.1) is 0 Å². The number of ether oxygens (including phenoxy) is 1. The number of rotatable bonds is 5. The van der Waals surface area contributed by atoms with Crippen molar-refractivity contribution in [3.05, 3.63) is 247 Å². The lowest BCUT2D eigenvalue weighted by molar-refractivity contribution is 0.436. The molecule has 2 aliphatic heterocycles. The highest BCUT2D eigenvalue weighted by Crippen LogP contribution is 2.63. The van der Waals surface area contributed by atoms with Crippen molar-refractivity contribution in [3.8, 4) is 90.2 Å². The summed E-state index contributed by atoms with van der Waals surface area (Å²) >= 11 is 0. The molecule has 1 aliphatic carbocycles. The number of hydrogen-bond acceptors (Lipinski definition) is 4. The Morgan fingerprint density at radius 2 is 0.841 bits per heavy atom.